The maximum atomic E-state index is 12.8. The van der Waals surface area contributed by atoms with Gasteiger partial charge in [0.1, 0.15) is 17.8 Å². The average Bonchev–Trinajstić information content (AvgIpc) is 2.49. The Labute approximate surface area is 163 Å². The fraction of sp³-hybridized carbons (Fsp3) is 0.909. The monoisotopic (exact) mass is 380 g/mol. The number of ether oxygens (including phenoxy) is 3. The maximum absolute atomic E-state index is 12.8. The van der Waals surface area contributed by atoms with Crippen LogP contribution in [0.2, 0.25) is 0 Å². The molecule has 27 heavy (non-hydrogen) atoms. The van der Waals surface area contributed by atoms with E-state index in [1.165, 1.54) is 6.42 Å². The molecule has 0 amide bonds. The van der Waals surface area contributed by atoms with Gasteiger partial charge in [-0.2, -0.15) is 0 Å². The summed E-state index contributed by atoms with van der Waals surface area (Å²) in [6.07, 6.45) is 6.45. The SMILES string of the molecule is CCC(C)(C)C(=O)OC12CC3CC(CC(OCC(=O)OC(C)(C)C)(C3)C1)C2. The second-order valence-corrected chi connectivity index (χ2v) is 10.8. The zero-order valence-electron chi connectivity index (χ0n) is 17.9. The van der Waals surface area contributed by atoms with E-state index in [1.54, 1.807) is 0 Å². The first-order chi connectivity index (χ1) is 12.4. The number of carbonyl (C=O) groups excluding carboxylic acids is 2. The number of rotatable bonds is 6. The molecule has 4 aliphatic rings. The first kappa shape index (κ1) is 20.6. The fourth-order valence-electron chi connectivity index (χ4n) is 5.45. The quantitative estimate of drug-likeness (QED) is 0.639. The van der Waals surface area contributed by atoms with E-state index in [4.69, 9.17) is 14.2 Å². The Balaban J connectivity index is 1.70. The Morgan fingerprint density at radius 2 is 1.52 bits per heavy atom. The summed E-state index contributed by atoms with van der Waals surface area (Å²) in [6, 6.07) is 0. The summed E-state index contributed by atoms with van der Waals surface area (Å²) < 4.78 is 17.8. The van der Waals surface area contributed by atoms with Crippen LogP contribution in [0.25, 0.3) is 0 Å². The van der Waals surface area contributed by atoms with Crippen LogP contribution < -0.4 is 0 Å². The van der Waals surface area contributed by atoms with Gasteiger partial charge in [0.15, 0.2) is 0 Å². The van der Waals surface area contributed by atoms with Crippen LogP contribution in [-0.2, 0) is 23.8 Å². The third-order valence-electron chi connectivity index (χ3n) is 6.62. The Bertz CT molecular complexity index is 586. The van der Waals surface area contributed by atoms with Crippen molar-refractivity contribution >= 4 is 11.9 Å². The summed E-state index contributed by atoms with van der Waals surface area (Å²) in [5, 5.41) is 0. The van der Waals surface area contributed by atoms with E-state index in [9.17, 15) is 9.59 Å². The number of hydrogen-bond donors (Lipinski definition) is 0. The Hall–Kier alpha value is -1.10. The van der Waals surface area contributed by atoms with Gasteiger partial charge in [-0.15, -0.1) is 0 Å². The van der Waals surface area contributed by atoms with Gasteiger partial charge in [-0.1, -0.05) is 6.92 Å². The predicted octanol–water partition coefficient (Wildman–Crippen LogP) is 4.42. The highest BCUT2D eigenvalue weighted by Gasteiger charge is 2.61. The summed E-state index contributed by atoms with van der Waals surface area (Å²) in [5.74, 6) is 0.607. The molecule has 0 radical (unpaired) electrons. The van der Waals surface area contributed by atoms with Crippen LogP contribution in [0.1, 0.15) is 86.5 Å². The number of hydrogen-bond acceptors (Lipinski definition) is 5. The van der Waals surface area contributed by atoms with Crippen molar-refractivity contribution in [3.05, 3.63) is 0 Å². The van der Waals surface area contributed by atoms with Crippen LogP contribution in [0.4, 0.5) is 0 Å². The molecule has 5 heteroatoms. The summed E-state index contributed by atoms with van der Waals surface area (Å²) in [7, 11) is 0. The van der Waals surface area contributed by atoms with Crippen molar-refractivity contribution < 1.29 is 23.8 Å². The molecule has 4 saturated carbocycles. The molecule has 0 saturated heterocycles. The standard InChI is InChI=1S/C22H36O5/c1-7-20(5,6)18(24)27-22-11-15-8-16(12-22)10-21(9-15,14-22)25-13-17(23)26-19(2,3)4/h15-16H,7-14H2,1-6H3. The number of carbonyl (C=O) groups is 2. The molecule has 5 nitrogen and oxygen atoms in total. The molecular formula is C22H36O5. The van der Waals surface area contributed by atoms with Crippen molar-refractivity contribution in [1.82, 2.24) is 0 Å². The summed E-state index contributed by atoms with van der Waals surface area (Å²) in [4.78, 5) is 24.9. The van der Waals surface area contributed by atoms with Crippen LogP contribution in [-0.4, -0.2) is 35.3 Å². The smallest absolute Gasteiger partial charge is 0.332 e. The van der Waals surface area contributed by atoms with Gasteiger partial charge in [-0.25, -0.2) is 4.79 Å². The first-order valence-corrected chi connectivity index (χ1v) is 10.5. The lowest BCUT2D eigenvalue weighted by molar-refractivity contribution is -0.240. The molecule has 2 atom stereocenters. The topological polar surface area (TPSA) is 61.8 Å². The summed E-state index contributed by atoms with van der Waals surface area (Å²) in [5.41, 5.74) is -1.74. The summed E-state index contributed by atoms with van der Waals surface area (Å²) >= 11 is 0. The molecule has 154 valence electrons. The average molecular weight is 381 g/mol. The second kappa shape index (κ2) is 6.75. The lowest BCUT2D eigenvalue weighted by atomic mass is 9.52. The molecule has 0 aromatic carbocycles. The van der Waals surface area contributed by atoms with Gasteiger partial charge in [0.25, 0.3) is 0 Å². The van der Waals surface area contributed by atoms with E-state index < -0.39 is 16.6 Å². The van der Waals surface area contributed by atoms with Crippen LogP contribution >= 0.6 is 0 Å². The van der Waals surface area contributed by atoms with Gasteiger partial charge in [0.05, 0.1) is 11.0 Å². The van der Waals surface area contributed by atoms with Crippen molar-refractivity contribution in [1.29, 1.82) is 0 Å². The highest BCUT2D eigenvalue weighted by molar-refractivity contribution is 5.76. The second-order valence-electron chi connectivity index (χ2n) is 10.8. The lowest BCUT2D eigenvalue weighted by Crippen LogP contribution is -2.62. The van der Waals surface area contributed by atoms with Crippen molar-refractivity contribution in [3.63, 3.8) is 0 Å². The van der Waals surface area contributed by atoms with Crippen molar-refractivity contribution in [2.45, 2.75) is 103 Å². The van der Waals surface area contributed by atoms with Crippen molar-refractivity contribution in [2.24, 2.45) is 17.3 Å². The van der Waals surface area contributed by atoms with E-state index in [0.29, 0.717) is 18.3 Å². The summed E-state index contributed by atoms with van der Waals surface area (Å²) in [6.45, 7) is 11.5. The molecule has 4 bridgehead atoms. The van der Waals surface area contributed by atoms with E-state index >= 15 is 0 Å². The molecular weight excluding hydrogens is 344 g/mol. The first-order valence-electron chi connectivity index (χ1n) is 10.5. The van der Waals surface area contributed by atoms with E-state index in [0.717, 1.165) is 32.1 Å². The van der Waals surface area contributed by atoms with Gasteiger partial charge < -0.3 is 14.2 Å². The molecule has 0 aromatic rings. The minimum absolute atomic E-state index is 0.0266. The molecule has 0 spiro atoms. The molecule has 4 fully saturated rings. The minimum atomic E-state index is -0.510. The zero-order chi connectivity index (χ0) is 20.1. The maximum Gasteiger partial charge on any atom is 0.332 e. The zero-order valence-corrected chi connectivity index (χ0v) is 17.9. The van der Waals surface area contributed by atoms with Crippen molar-refractivity contribution in [3.8, 4) is 0 Å². The van der Waals surface area contributed by atoms with Crippen LogP contribution in [0.5, 0.6) is 0 Å². The molecule has 0 heterocycles. The Kier molecular flexibility index (Phi) is 5.16. The minimum Gasteiger partial charge on any atom is -0.459 e. The Morgan fingerprint density at radius 3 is 2.04 bits per heavy atom. The molecule has 0 N–H and O–H groups in total. The Morgan fingerprint density at radius 1 is 0.963 bits per heavy atom. The fourth-order valence-corrected chi connectivity index (χ4v) is 5.45. The van der Waals surface area contributed by atoms with Crippen LogP contribution in [0.3, 0.4) is 0 Å². The van der Waals surface area contributed by atoms with Gasteiger partial charge in [-0.3, -0.25) is 4.79 Å². The van der Waals surface area contributed by atoms with Gasteiger partial charge >= 0.3 is 11.9 Å². The molecule has 0 aromatic heterocycles. The van der Waals surface area contributed by atoms with Crippen molar-refractivity contribution in [2.75, 3.05) is 6.61 Å². The normalized spacial score (nSPS) is 35.2. The van der Waals surface area contributed by atoms with Gasteiger partial charge in [0, 0.05) is 6.42 Å². The molecule has 2 unspecified atom stereocenters. The molecule has 4 aliphatic carbocycles. The van der Waals surface area contributed by atoms with E-state index in [2.05, 4.69) is 0 Å². The third kappa shape index (κ3) is 4.49. The highest BCUT2D eigenvalue weighted by atomic mass is 16.6. The molecule has 0 aliphatic heterocycles. The lowest BCUT2D eigenvalue weighted by Gasteiger charge is -2.60. The predicted molar refractivity (Wildman–Crippen MR) is 102 cm³/mol. The molecule has 4 rings (SSSR count). The van der Waals surface area contributed by atoms with Crippen LogP contribution in [0, 0.1) is 17.3 Å². The highest BCUT2D eigenvalue weighted by Crippen LogP contribution is 2.60. The van der Waals surface area contributed by atoms with E-state index in [-0.39, 0.29) is 24.1 Å². The third-order valence-corrected chi connectivity index (χ3v) is 6.62. The van der Waals surface area contributed by atoms with E-state index in [1.807, 2.05) is 41.5 Å². The number of esters is 2. The largest absolute Gasteiger partial charge is 0.459 e. The van der Waals surface area contributed by atoms with Gasteiger partial charge in [0.2, 0.25) is 0 Å². The van der Waals surface area contributed by atoms with Gasteiger partial charge in [-0.05, 0) is 85.0 Å². The van der Waals surface area contributed by atoms with Crippen LogP contribution in [0.15, 0.2) is 0 Å².